The second-order valence-corrected chi connectivity index (χ2v) is 3.01. The van der Waals surface area contributed by atoms with Crippen LogP contribution >= 0.6 is 0 Å². The van der Waals surface area contributed by atoms with Gasteiger partial charge in [-0.25, -0.2) is 0 Å². The highest BCUT2D eigenvalue weighted by atomic mass is 15.3. The molecule has 1 heterocycles. The molecule has 1 aliphatic carbocycles. The quantitative estimate of drug-likeness (QED) is 0.547. The molecule has 0 amide bonds. The monoisotopic (exact) mass is 148 g/mol. The van der Waals surface area contributed by atoms with Crippen molar-refractivity contribution >= 4 is 6.08 Å². The minimum atomic E-state index is 1.16. The van der Waals surface area contributed by atoms with E-state index in [9.17, 15) is 0 Å². The standard InChI is InChI=1S/C9H12N2/c1-7-8-5-3-4-6-9(8)11(2)10-7/h4,6H,3,5H2,1-2H3. The number of hydrogen-bond donors (Lipinski definition) is 0. The Balaban J connectivity index is 2.63. The van der Waals surface area contributed by atoms with Gasteiger partial charge in [-0.3, -0.25) is 4.68 Å². The van der Waals surface area contributed by atoms with E-state index in [-0.39, 0.29) is 0 Å². The van der Waals surface area contributed by atoms with Crippen LogP contribution in [0.15, 0.2) is 6.08 Å². The van der Waals surface area contributed by atoms with Gasteiger partial charge in [0.15, 0.2) is 0 Å². The van der Waals surface area contributed by atoms with Crippen LogP contribution in [0.25, 0.3) is 6.08 Å². The Hall–Kier alpha value is -1.05. The Morgan fingerprint density at radius 3 is 3.09 bits per heavy atom. The number of aryl methyl sites for hydroxylation is 2. The van der Waals surface area contributed by atoms with Crippen LogP contribution < -0.4 is 0 Å². The molecule has 0 unspecified atom stereocenters. The van der Waals surface area contributed by atoms with Crippen molar-refractivity contribution in [3.8, 4) is 0 Å². The SMILES string of the molecule is Cc1nn(C)c2c1CCC=C2. The Morgan fingerprint density at radius 2 is 2.36 bits per heavy atom. The fourth-order valence-corrected chi connectivity index (χ4v) is 1.66. The van der Waals surface area contributed by atoms with Crippen molar-refractivity contribution < 1.29 is 0 Å². The summed E-state index contributed by atoms with van der Waals surface area (Å²) in [6, 6.07) is 0. The van der Waals surface area contributed by atoms with Gasteiger partial charge in [0, 0.05) is 12.6 Å². The van der Waals surface area contributed by atoms with Crippen LogP contribution in [0.1, 0.15) is 23.4 Å². The molecule has 2 heteroatoms. The molecule has 11 heavy (non-hydrogen) atoms. The molecular weight excluding hydrogens is 136 g/mol. The molecular formula is C9H12N2. The Bertz CT molecular complexity index is 308. The van der Waals surface area contributed by atoms with Crippen LogP contribution in [0.5, 0.6) is 0 Å². The Kier molecular flexibility index (Phi) is 1.34. The van der Waals surface area contributed by atoms with E-state index in [4.69, 9.17) is 0 Å². The van der Waals surface area contributed by atoms with Gasteiger partial charge in [-0.15, -0.1) is 0 Å². The molecule has 58 valence electrons. The van der Waals surface area contributed by atoms with Crippen molar-refractivity contribution in [3.05, 3.63) is 23.0 Å². The number of fused-ring (bicyclic) bond motifs is 1. The summed E-state index contributed by atoms with van der Waals surface area (Å²) in [7, 11) is 2.00. The fraction of sp³-hybridized carbons (Fsp3) is 0.444. The van der Waals surface area contributed by atoms with Crippen molar-refractivity contribution in [2.45, 2.75) is 19.8 Å². The van der Waals surface area contributed by atoms with E-state index in [1.54, 1.807) is 0 Å². The second kappa shape index (κ2) is 2.22. The predicted octanol–water partition coefficient (Wildman–Crippen LogP) is 1.69. The van der Waals surface area contributed by atoms with Crippen LogP contribution in [-0.2, 0) is 13.5 Å². The molecule has 0 radical (unpaired) electrons. The summed E-state index contributed by atoms with van der Waals surface area (Å²) in [5.41, 5.74) is 3.90. The molecule has 2 nitrogen and oxygen atoms in total. The summed E-state index contributed by atoms with van der Waals surface area (Å²) in [5, 5.41) is 4.36. The van der Waals surface area contributed by atoms with Gasteiger partial charge in [0.05, 0.1) is 11.4 Å². The van der Waals surface area contributed by atoms with Crippen molar-refractivity contribution in [2.24, 2.45) is 7.05 Å². The largest absolute Gasteiger partial charge is 0.268 e. The topological polar surface area (TPSA) is 17.8 Å². The molecule has 1 aromatic heterocycles. The molecule has 0 bridgehead atoms. The first-order valence-electron chi connectivity index (χ1n) is 3.98. The lowest BCUT2D eigenvalue weighted by Crippen LogP contribution is -1.97. The average Bonchev–Trinajstić information content (AvgIpc) is 2.30. The number of hydrogen-bond acceptors (Lipinski definition) is 1. The third kappa shape index (κ3) is 0.897. The predicted molar refractivity (Wildman–Crippen MR) is 45.3 cm³/mol. The van der Waals surface area contributed by atoms with Crippen LogP contribution in [0, 0.1) is 6.92 Å². The first-order valence-corrected chi connectivity index (χ1v) is 3.98. The second-order valence-electron chi connectivity index (χ2n) is 3.01. The van der Waals surface area contributed by atoms with E-state index in [1.807, 2.05) is 11.7 Å². The maximum Gasteiger partial charge on any atom is 0.0638 e. The van der Waals surface area contributed by atoms with Crippen LogP contribution in [0.4, 0.5) is 0 Å². The fourth-order valence-electron chi connectivity index (χ4n) is 1.66. The summed E-state index contributed by atoms with van der Waals surface area (Å²) in [6.07, 6.45) is 6.70. The number of allylic oxidation sites excluding steroid dienone is 1. The lowest BCUT2D eigenvalue weighted by Gasteiger charge is -2.04. The zero-order chi connectivity index (χ0) is 7.84. The molecule has 2 rings (SSSR count). The maximum absolute atomic E-state index is 4.36. The van der Waals surface area contributed by atoms with Gasteiger partial charge < -0.3 is 0 Å². The third-order valence-electron chi connectivity index (χ3n) is 2.23. The highest BCUT2D eigenvalue weighted by molar-refractivity contribution is 5.53. The molecule has 1 aromatic rings. The van der Waals surface area contributed by atoms with Gasteiger partial charge in [0.25, 0.3) is 0 Å². The number of nitrogens with zero attached hydrogens (tertiary/aromatic N) is 2. The Morgan fingerprint density at radius 1 is 1.55 bits per heavy atom. The zero-order valence-corrected chi connectivity index (χ0v) is 6.96. The van der Waals surface area contributed by atoms with Crippen molar-refractivity contribution in [1.82, 2.24) is 9.78 Å². The highest BCUT2D eigenvalue weighted by Gasteiger charge is 2.12. The van der Waals surface area contributed by atoms with E-state index in [2.05, 4.69) is 24.2 Å². The lowest BCUT2D eigenvalue weighted by molar-refractivity contribution is 0.747. The summed E-state index contributed by atoms with van der Waals surface area (Å²) < 4.78 is 1.96. The molecule has 0 saturated heterocycles. The van der Waals surface area contributed by atoms with Crippen molar-refractivity contribution in [3.63, 3.8) is 0 Å². The minimum Gasteiger partial charge on any atom is -0.268 e. The van der Waals surface area contributed by atoms with Gasteiger partial charge >= 0.3 is 0 Å². The van der Waals surface area contributed by atoms with Gasteiger partial charge in [-0.2, -0.15) is 5.10 Å². The summed E-state index contributed by atoms with van der Waals surface area (Å²) in [6.45, 7) is 2.08. The molecule has 0 aliphatic heterocycles. The minimum absolute atomic E-state index is 1.16. The highest BCUT2D eigenvalue weighted by Crippen LogP contribution is 2.20. The maximum atomic E-state index is 4.36. The van der Waals surface area contributed by atoms with Gasteiger partial charge in [-0.05, 0) is 25.8 Å². The van der Waals surface area contributed by atoms with Gasteiger partial charge in [0.1, 0.15) is 0 Å². The third-order valence-corrected chi connectivity index (χ3v) is 2.23. The van der Waals surface area contributed by atoms with E-state index < -0.39 is 0 Å². The molecule has 0 spiro atoms. The van der Waals surface area contributed by atoms with E-state index in [0.717, 1.165) is 6.42 Å². The number of aromatic nitrogens is 2. The van der Waals surface area contributed by atoms with E-state index >= 15 is 0 Å². The average molecular weight is 148 g/mol. The van der Waals surface area contributed by atoms with Gasteiger partial charge in [0.2, 0.25) is 0 Å². The van der Waals surface area contributed by atoms with Crippen LogP contribution in [0.3, 0.4) is 0 Å². The summed E-state index contributed by atoms with van der Waals surface area (Å²) in [4.78, 5) is 0. The van der Waals surface area contributed by atoms with E-state index in [1.165, 1.54) is 23.4 Å². The van der Waals surface area contributed by atoms with Crippen LogP contribution in [0.2, 0.25) is 0 Å². The van der Waals surface area contributed by atoms with E-state index in [0.29, 0.717) is 0 Å². The first kappa shape index (κ1) is 6.65. The molecule has 0 fully saturated rings. The lowest BCUT2D eigenvalue weighted by atomic mass is 10.0. The first-order chi connectivity index (χ1) is 5.29. The van der Waals surface area contributed by atoms with Crippen LogP contribution in [-0.4, -0.2) is 9.78 Å². The Labute approximate surface area is 66.5 Å². The number of rotatable bonds is 0. The zero-order valence-electron chi connectivity index (χ0n) is 6.96. The van der Waals surface area contributed by atoms with Gasteiger partial charge in [-0.1, -0.05) is 6.08 Å². The van der Waals surface area contributed by atoms with Crippen molar-refractivity contribution in [2.75, 3.05) is 0 Å². The normalized spacial score (nSPS) is 15.1. The molecule has 0 saturated carbocycles. The summed E-state index contributed by atoms with van der Waals surface area (Å²) in [5.74, 6) is 0. The molecule has 0 atom stereocenters. The summed E-state index contributed by atoms with van der Waals surface area (Å²) >= 11 is 0. The smallest absolute Gasteiger partial charge is 0.0638 e. The molecule has 0 N–H and O–H groups in total. The molecule has 0 aromatic carbocycles. The van der Waals surface area contributed by atoms with Crippen molar-refractivity contribution in [1.29, 1.82) is 0 Å². The molecule has 1 aliphatic rings.